The fourth-order valence-corrected chi connectivity index (χ4v) is 2.57. The molecule has 1 heterocycles. The normalized spacial score (nSPS) is 10.6. The molecule has 6 nitrogen and oxygen atoms in total. The van der Waals surface area contributed by atoms with E-state index < -0.39 is 0 Å². The molecule has 0 fully saturated rings. The summed E-state index contributed by atoms with van der Waals surface area (Å²) in [5.41, 5.74) is 4.97. The highest BCUT2D eigenvalue weighted by Gasteiger charge is 2.08. The van der Waals surface area contributed by atoms with Gasteiger partial charge in [-0.2, -0.15) is 5.10 Å². The Morgan fingerprint density at radius 1 is 1.11 bits per heavy atom. The van der Waals surface area contributed by atoms with E-state index >= 15 is 0 Å². The van der Waals surface area contributed by atoms with Crippen LogP contribution in [0.4, 0.5) is 5.69 Å². The number of para-hydroxylation sites is 1. The van der Waals surface area contributed by atoms with Gasteiger partial charge in [0.05, 0.1) is 18.4 Å². The molecule has 0 bridgehead atoms. The van der Waals surface area contributed by atoms with E-state index in [9.17, 15) is 4.79 Å². The van der Waals surface area contributed by atoms with E-state index in [0.29, 0.717) is 28.8 Å². The highest BCUT2D eigenvalue weighted by atomic mass is 32.1. The first-order valence-electron chi connectivity index (χ1n) is 8.68. The summed E-state index contributed by atoms with van der Waals surface area (Å²) in [4.78, 5) is 11.7. The van der Waals surface area contributed by atoms with E-state index in [1.807, 2.05) is 48.5 Å². The summed E-state index contributed by atoms with van der Waals surface area (Å²) < 4.78 is 10.7. The Kier molecular flexibility index (Phi) is 6.54. The minimum Gasteiger partial charge on any atom is -0.462 e. The quantitative estimate of drug-likeness (QED) is 0.279. The molecule has 0 unspecified atom stereocenters. The molecular weight excluding hydrogens is 374 g/mol. The van der Waals surface area contributed by atoms with Crippen molar-refractivity contribution in [3.05, 3.63) is 78.1 Å². The van der Waals surface area contributed by atoms with Crippen LogP contribution in [0.25, 0.3) is 11.3 Å². The fourth-order valence-electron chi connectivity index (χ4n) is 2.40. The van der Waals surface area contributed by atoms with Gasteiger partial charge in [-0.05, 0) is 55.5 Å². The second kappa shape index (κ2) is 9.48. The van der Waals surface area contributed by atoms with Crippen molar-refractivity contribution in [3.8, 4) is 11.3 Å². The zero-order valence-electron chi connectivity index (χ0n) is 15.2. The number of ether oxygens (including phenoxy) is 1. The zero-order valence-corrected chi connectivity index (χ0v) is 16.0. The van der Waals surface area contributed by atoms with Crippen LogP contribution in [0.5, 0.6) is 0 Å². The molecule has 2 N–H and O–H groups in total. The number of hydrazone groups is 1. The summed E-state index contributed by atoms with van der Waals surface area (Å²) in [6, 6.07) is 20.2. The van der Waals surface area contributed by atoms with Gasteiger partial charge in [-0.1, -0.05) is 30.3 Å². The molecule has 0 saturated carbocycles. The lowest BCUT2D eigenvalue weighted by Crippen LogP contribution is -2.23. The van der Waals surface area contributed by atoms with Gasteiger partial charge in [0, 0.05) is 11.3 Å². The average Bonchev–Trinajstić information content (AvgIpc) is 3.18. The molecule has 0 saturated heterocycles. The van der Waals surface area contributed by atoms with Crippen molar-refractivity contribution in [2.45, 2.75) is 6.92 Å². The van der Waals surface area contributed by atoms with E-state index in [0.717, 1.165) is 11.3 Å². The van der Waals surface area contributed by atoms with Gasteiger partial charge in [0.1, 0.15) is 11.5 Å². The van der Waals surface area contributed by atoms with Crippen LogP contribution in [-0.2, 0) is 4.74 Å². The molecule has 3 rings (SSSR count). The molecule has 2 aromatic carbocycles. The lowest BCUT2D eigenvalue weighted by molar-refractivity contribution is 0.0526. The number of hydrogen-bond acceptors (Lipinski definition) is 5. The summed E-state index contributed by atoms with van der Waals surface area (Å²) in [5.74, 6) is 0.897. The third-order valence-electron chi connectivity index (χ3n) is 3.70. The summed E-state index contributed by atoms with van der Waals surface area (Å²) >= 11 is 5.18. The molecule has 0 aliphatic rings. The number of thiocarbonyl (C=S) groups is 1. The number of carbonyl (C=O) groups is 1. The first-order valence-corrected chi connectivity index (χ1v) is 9.09. The van der Waals surface area contributed by atoms with Crippen LogP contribution in [0.2, 0.25) is 0 Å². The smallest absolute Gasteiger partial charge is 0.338 e. The molecule has 0 aliphatic carbocycles. The maximum atomic E-state index is 11.7. The standard InChI is InChI=1S/C21H19N3O3S/c1-2-26-20(25)16-10-8-15(9-11-16)19-13-12-18(27-19)14-22-24-21(28)23-17-6-4-3-5-7-17/h3-14H,2H2,1H3,(H2,23,24,28). The van der Waals surface area contributed by atoms with Gasteiger partial charge in [0.25, 0.3) is 0 Å². The molecule has 0 aliphatic heterocycles. The van der Waals surface area contributed by atoms with Crippen LogP contribution in [0, 0.1) is 0 Å². The van der Waals surface area contributed by atoms with Gasteiger partial charge in [-0.25, -0.2) is 4.79 Å². The second-order valence-electron chi connectivity index (χ2n) is 5.69. The Hall–Kier alpha value is -3.45. The number of anilines is 1. The van der Waals surface area contributed by atoms with Gasteiger partial charge in [-0.3, -0.25) is 5.43 Å². The Labute approximate surface area is 168 Å². The Morgan fingerprint density at radius 2 is 1.86 bits per heavy atom. The van der Waals surface area contributed by atoms with Crippen molar-refractivity contribution in [2.75, 3.05) is 11.9 Å². The van der Waals surface area contributed by atoms with E-state index in [4.69, 9.17) is 21.4 Å². The zero-order chi connectivity index (χ0) is 19.8. The van der Waals surface area contributed by atoms with Crippen LogP contribution >= 0.6 is 12.2 Å². The van der Waals surface area contributed by atoms with Gasteiger partial charge in [-0.15, -0.1) is 0 Å². The topological polar surface area (TPSA) is 75.9 Å². The van der Waals surface area contributed by atoms with Crippen molar-refractivity contribution in [3.63, 3.8) is 0 Å². The molecule has 0 radical (unpaired) electrons. The third kappa shape index (κ3) is 5.28. The van der Waals surface area contributed by atoms with Gasteiger partial charge in [0.2, 0.25) is 0 Å². The van der Waals surface area contributed by atoms with Crippen LogP contribution in [0.3, 0.4) is 0 Å². The lowest BCUT2D eigenvalue weighted by atomic mass is 10.1. The largest absolute Gasteiger partial charge is 0.462 e. The van der Waals surface area contributed by atoms with E-state index in [2.05, 4.69) is 15.8 Å². The van der Waals surface area contributed by atoms with Crippen molar-refractivity contribution >= 4 is 35.2 Å². The first kappa shape index (κ1) is 19.3. The number of nitrogens with one attached hydrogen (secondary N) is 2. The predicted octanol–water partition coefficient (Wildman–Crippen LogP) is 4.44. The van der Waals surface area contributed by atoms with Crippen LogP contribution < -0.4 is 10.7 Å². The van der Waals surface area contributed by atoms with Gasteiger partial charge >= 0.3 is 5.97 Å². The molecule has 0 amide bonds. The molecule has 7 heteroatoms. The molecule has 0 atom stereocenters. The van der Waals surface area contributed by atoms with Gasteiger partial charge < -0.3 is 14.5 Å². The Bertz CT molecular complexity index is 966. The predicted molar refractivity (Wildman–Crippen MR) is 113 cm³/mol. The van der Waals surface area contributed by atoms with Crippen LogP contribution in [-0.4, -0.2) is 23.9 Å². The van der Waals surface area contributed by atoms with E-state index in [1.54, 1.807) is 25.1 Å². The molecule has 28 heavy (non-hydrogen) atoms. The lowest BCUT2D eigenvalue weighted by Gasteiger charge is -2.05. The summed E-state index contributed by atoms with van der Waals surface area (Å²) in [6.07, 6.45) is 1.54. The maximum Gasteiger partial charge on any atom is 0.338 e. The highest BCUT2D eigenvalue weighted by molar-refractivity contribution is 7.80. The Morgan fingerprint density at radius 3 is 2.57 bits per heavy atom. The maximum absolute atomic E-state index is 11.7. The Balaban J connectivity index is 1.57. The van der Waals surface area contributed by atoms with E-state index in [1.165, 1.54) is 6.21 Å². The minimum atomic E-state index is -0.340. The molecule has 3 aromatic rings. The summed E-state index contributed by atoms with van der Waals surface area (Å²) in [6.45, 7) is 2.12. The summed E-state index contributed by atoms with van der Waals surface area (Å²) in [5, 5.41) is 7.47. The molecule has 0 spiro atoms. The first-order chi connectivity index (χ1) is 13.7. The van der Waals surface area contributed by atoms with Crippen molar-refractivity contribution in [1.29, 1.82) is 0 Å². The van der Waals surface area contributed by atoms with Crippen molar-refractivity contribution in [2.24, 2.45) is 5.10 Å². The fraction of sp³-hybridized carbons (Fsp3) is 0.0952. The van der Waals surface area contributed by atoms with E-state index in [-0.39, 0.29) is 5.97 Å². The number of carbonyl (C=O) groups excluding carboxylic acids is 1. The number of esters is 1. The molecular formula is C21H19N3O3S. The second-order valence-corrected chi connectivity index (χ2v) is 6.10. The summed E-state index contributed by atoms with van der Waals surface area (Å²) in [7, 11) is 0. The monoisotopic (exact) mass is 393 g/mol. The van der Waals surface area contributed by atoms with Crippen LogP contribution in [0.15, 0.2) is 76.2 Å². The minimum absolute atomic E-state index is 0.340. The van der Waals surface area contributed by atoms with Crippen LogP contribution in [0.1, 0.15) is 23.0 Å². The average molecular weight is 393 g/mol. The third-order valence-corrected chi connectivity index (χ3v) is 3.89. The highest BCUT2D eigenvalue weighted by Crippen LogP contribution is 2.22. The van der Waals surface area contributed by atoms with Gasteiger partial charge in [0.15, 0.2) is 5.11 Å². The number of nitrogens with zero attached hydrogens (tertiary/aromatic N) is 1. The number of hydrogen-bond donors (Lipinski definition) is 2. The molecule has 1 aromatic heterocycles. The number of furan rings is 1. The number of rotatable bonds is 6. The SMILES string of the molecule is CCOC(=O)c1ccc(-c2ccc(C=NNC(=S)Nc3ccccc3)o2)cc1. The molecule has 142 valence electrons. The number of benzene rings is 2. The van der Waals surface area contributed by atoms with Crippen molar-refractivity contribution < 1.29 is 13.9 Å². The van der Waals surface area contributed by atoms with Crippen molar-refractivity contribution in [1.82, 2.24) is 5.43 Å².